The Labute approximate surface area is 66.0 Å². The number of esters is 1. The summed E-state index contributed by atoms with van der Waals surface area (Å²) in [5.74, 6) is -0.203. The molecule has 64 valence electrons. The largest absolute Gasteiger partial charge is 0.469 e. The van der Waals surface area contributed by atoms with Gasteiger partial charge < -0.3 is 4.74 Å². The van der Waals surface area contributed by atoms with E-state index in [-0.39, 0.29) is 12.1 Å². The van der Waals surface area contributed by atoms with E-state index in [0.29, 0.717) is 6.42 Å². The van der Waals surface area contributed by atoms with Crippen LogP contribution in [0.4, 0.5) is 0 Å². The maximum atomic E-state index is 10.8. The lowest BCUT2D eigenvalue weighted by Crippen LogP contribution is -2.17. The van der Waals surface area contributed by atoms with E-state index in [1.807, 2.05) is 7.05 Å². The molecule has 1 fully saturated rings. The van der Waals surface area contributed by atoms with E-state index in [9.17, 15) is 4.79 Å². The zero-order valence-corrected chi connectivity index (χ0v) is 6.87. The van der Waals surface area contributed by atoms with Crippen LogP contribution in [-0.2, 0) is 14.4 Å². The average molecular weight is 159 g/mol. The van der Waals surface area contributed by atoms with Crippen LogP contribution in [-0.4, -0.2) is 37.8 Å². The first-order valence-corrected chi connectivity index (χ1v) is 3.67. The van der Waals surface area contributed by atoms with Crippen molar-refractivity contribution in [3.05, 3.63) is 0 Å². The van der Waals surface area contributed by atoms with Gasteiger partial charge in [0.1, 0.15) is 0 Å². The van der Waals surface area contributed by atoms with Gasteiger partial charge in [0, 0.05) is 13.6 Å². The molecule has 1 unspecified atom stereocenters. The van der Waals surface area contributed by atoms with E-state index in [1.54, 1.807) is 5.06 Å². The topological polar surface area (TPSA) is 38.8 Å². The fraction of sp³-hybridized carbons (Fsp3) is 0.857. The second kappa shape index (κ2) is 3.69. The molecule has 0 bridgehead atoms. The molecule has 4 nitrogen and oxygen atoms in total. The lowest BCUT2D eigenvalue weighted by atomic mass is 10.2. The SMILES string of the molecule is COC(=O)CC1CCN(C)O1. The van der Waals surface area contributed by atoms with E-state index < -0.39 is 0 Å². The summed E-state index contributed by atoms with van der Waals surface area (Å²) >= 11 is 0. The second-order valence-corrected chi connectivity index (χ2v) is 2.65. The van der Waals surface area contributed by atoms with E-state index >= 15 is 0 Å². The van der Waals surface area contributed by atoms with Crippen LogP contribution in [0, 0.1) is 0 Å². The summed E-state index contributed by atoms with van der Waals surface area (Å²) in [7, 11) is 3.25. The van der Waals surface area contributed by atoms with Gasteiger partial charge in [0.25, 0.3) is 0 Å². The first kappa shape index (κ1) is 8.49. The number of ether oxygens (including phenoxy) is 1. The quantitative estimate of drug-likeness (QED) is 0.539. The standard InChI is InChI=1S/C7H13NO3/c1-8-4-3-6(11-8)5-7(9)10-2/h6H,3-5H2,1-2H3. The first-order chi connectivity index (χ1) is 5.22. The molecule has 1 aliphatic rings. The van der Waals surface area contributed by atoms with E-state index in [4.69, 9.17) is 4.84 Å². The predicted octanol–water partition coefficient (Wildman–Crippen LogP) is 0.185. The van der Waals surface area contributed by atoms with Crippen LogP contribution in [0.5, 0.6) is 0 Å². The van der Waals surface area contributed by atoms with Crippen LogP contribution < -0.4 is 0 Å². The van der Waals surface area contributed by atoms with Crippen LogP contribution in [0.1, 0.15) is 12.8 Å². The molecule has 0 saturated carbocycles. The Morgan fingerprint density at radius 1 is 1.82 bits per heavy atom. The highest BCUT2D eigenvalue weighted by molar-refractivity contribution is 5.69. The van der Waals surface area contributed by atoms with Crippen molar-refractivity contribution in [3.63, 3.8) is 0 Å². The van der Waals surface area contributed by atoms with Crippen molar-refractivity contribution in [1.29, 1.82) is 0 Å². The molecule has 1 saturated heterocycles. The molecule has 0 N–H and O–H groups in total. The summed E-state index contributed by atoms with van der Waals surface area (Å²) in [6.07, 6.45) is 1.29. The molecule has 0 amide bonds. The molecule has 0 aromatic rings. The lowest BCUT2D eigenvalue weighted by molar-refractivity contribution is -0.155. The Morgan fingerprint density at radius 3 is 3.00 bits per heavy atom. The zero-order valence-electron chi connectivity index (χ0n) is 6.87. The number of nitrogens with zero attached hydrogens (tertiary/aromatic N) is 1. The summed E-state index contributed by atoms with van der Waals surface area (Å²) in [5.41, 5.74) is 0. The van der Waals surface area contributed by atoms with Gasteiger partial charge in [0.15, 0.2) is 0 Å². The zero-order chi connectivity index (χ0) is 8.27. The van der Waals surface area contributed by atoms with Crippen molar-refractivity contribution in [2.45, 2.75) is 18.9 Å². The minimum absolute atomic E-state index is 0.0208. The number of carbonyl (C=O) groups excluding carboxylic acids is 1. The summed E-state index contributed by atoms with van der Waals surface area (Å²) in [6.45, 7) is 0.891. The first-order valence-electron chi connectivity index (χ1n) is 3.67. The summed E-state index contributed by atoms with van der Waals surface area (Å²) in [5, 5.41) is 1.74. The van der Waals surface area contributed by atoms with Gasteiger partial charge in [-0.15, -0.1) is 0 Å². The fourth-order valence-corrected chi connectivity index (χ4v) is 1.09. The molecule has 0 spiro atoms. The Hall–Kier alpha value is -0.610. The highest BCUT2D eigenvalue weighted by Crippen LogP contribution is 2.14. The third-order valence-electron chi connectivity index (χ3n) is 1.72. The molecule has 0 aliphatic carbocycles. The van der Waals surface area contributed by atoms with Crippen LogP contribution in [0.2, 0.25) is 0 Å². The minimum atomic E-state index is -0.203. The summed E-state index contributed by atoms with van der Waals surface area (Å²) in [4.78, 5) is 16.0. The van der Waals surface area contributed by atoms with Gasteiger partial charge in [0.05, 0.1) is 19.6 Å². The van der Waals surface area contributed by atoms with Crippen LogP contribution in [0.3, 0.4) is 0 Å². The normalized spacial score (nSPS) is 25.5. The van der Waals surface area contributed by atoms with Crippen molar-refractivity contribution in [2.24, 2.45) is 0 Å². The Balaban J connectivity index is 2.23. The number of methoxy groups -OCH3 is 1. The Kier molecular flexibility index (Phi) is 2.84. The summed E-state index contributed by atoms with van der Waals surface area (Å²) in [6, 6.07) is 0. The highest BCUT2D eigenvalue weighted by Gasteiger charge is 2.23. The molecular weight excluding hydrogens is 146 g/mol. The van der Waals surface area contributed by atoms with Crippen molar-refractivity contribution in [2.75, 3.05) is 20.7 Å². The van der Waals surface area contributed by atoms with E-state index in [1.165, 1.54) is 7.11 Å². The maximum absolute atomic E-state index is 10.8. The van der Waals surface area contributed by atoms with Crippen molar-refractivity contribution in [1.82, 2.24) is 5.06 Å². The molecular formula is C7H13NO3. The molecule has 1 atom stereocenters. The van der Waals surface area contributed by atoms with Crippen LogP contribution in [0.15, 0.2) is 0 Å². The van der Waals surface area contributed by atoms with Crippen molar-refractivity contribution < 1.29 is 14.4 Å². The summed E-state index contributed by atoms with van der Waals surface area (Å²) < 4.78 is 4.51. The van der Waals surface area contributed by atoms with Crippen LogP contribution in [0.25, 0.3) is 0 Å². The lowest BCUT2D eigenvalue weighted by Gasteiger charge is -2.09. The average Bonchev–Trinajstić information content (AvgIpc) is 2.35. The van der Waals surface area contributed by atoms with Gasteiger partial charge in [-0.05, 0) is 6.42 Å². The van der Waals surface area contributed by atoms with Gasteiger partial charge in [-0.3, -0.25) is 9.63 Å². The number of carbonyl (C=O) groups is 1. The highest BCUT2D eigenvalue weighted by atomic mass is 16.7. The molecule has 0 aromatic carbocycles. The smallest absolute Gasteiger partial charge is 0.308 e. The molecule has 1 heterocycles. The number of hydroxylamine groups is 2. The second-order valence-electron chi connectivity index (χ2n) is 2.65. The van der Waals surface area contributed by atoms with Gasteiger partial charge in [0.2, 0.25) is 0 Å². The molecule has 0 radical (unpaired) electrons. The van der Waals surface area contributed by atoms with Crippen LogP contribution >= 0.6 is 0 Å². The van der Waals surface area contributed by atoms with E-state index in [2.05, 4.69) is 4.74 Å². The van der Waals surface area contributed by atoms with Gasteiger partial charge in [-0.25, -0.2) is 0 Å². The third kappa shape index (κ3) is 2.48. The predicted molar refractivity (Wildman–Crippen MR) is 38.8 cm³/mol. The third-order valence-corrected chi connectivity index (χ3v) is 1.72. The van der Waals surface area contributed by atoms with Gasteiger partial charge >= 0.3 is 5.97 Å². The molecule has 1 rings (SSSR count). The minimum Gasteiger partial charge on any atom is -0.469 e. The Bertz CT molecular complexity index is 149. The monoisotopic (exact) mass is 159 g/mol. The maximum Gasteiger partial charge on any atom is 0.308 e. The van der Waals surface area contributed by atoms with Crippen molar-refractivity contribution in [3.8, 4) is 0 Å². The fourth-order valence-electron chi connectivity index (χ4n) is 1.09. The number of hydrogen-bond donors (Lipinski definition) is 0. The van der Waals surface area contributed by atoms with Gasteiger partial charge in [-0.1, -0.05) is 0 Å². The molecule has 4 heteroatoms. The van der Waals surface area contributed by atoms with E-state index in [0.717, 1.165) is 13.0 Å². The number of rotatable bonds is 2. The number of hydrogen-bond acceptors (Lipinski definition) is 4. The Morgan fingerprint density at radius 2 is 2.55 bits per heavy atom. The molecule has 0 aromatic heterocycles. The van der Waals surface area contributed by atoms with Gasteiger partial charge in [-0.2, -0.15) is 5.06 Å². The molecule has 11 heavy (non-hydrogen) atoms. The van der Waals surface area contributed by atoms with Crippen molar-refractivity contribution >= 4 is 5.97 Å². The molecule has 1 aliphatic heterocycles.